The van der Waals surface area contributed by atoms with Crippen LogP contribution in [-0.2, 0) is 6.42 Å². The van der Waals surface area contributed by atoms with E-state index in [2.05, 4.69) is 35.9 Å². The predicted molar refractivity (Wildman–Crippen MR) is 130 cm³/mol. The van der Waals surface area contributed by atoms with Gasteiger partial charge < -0.3 is 15.2 Å². The molecule has 0 radical (unpaired) electrons. The number of benzene rings is 2. The molecule has 0 saturated carbocycles. The number of fused-ring (bicyclic) bond motifs is 1. The van der Waals surface area contributed by atoms with E-state index >= 15 is 0 Å². The summed E-state index contributed by atoms with van der Waals surface area (Å²) in [5, 5.41) is 17.6. The van der Waals surface area contributed by atoms with Crippen molar-refractivity contribution in [2.75, 3.05) is 13.1 Å². The molecule has 0 unspecified atom stereocenters. The van der Waals surface area contributed by atoms with Gasteiger partial charge in [-0.2, -0.15) is 0 Å². The molecule has 5 rings (SSSR count). The van der Waals surface area contributed by atoms with E-state index in [1.165, 1.54) is 0 Å². The number of nitrogens with one attached hydrogen (secondary N) is 3. The number of amides is 2. The molecule has 0 spiro atoms. The lowest BCUT2D eigenvalue weighted by atomic mass is 10.0. The van der Waals surface area contributed by atoms with E-state index in [0.717, 1.165) is 37.0 Å². The number of imidazole rings is 1. The van der Waals surface area contributed by atoms with Crippen LogP contribution in [0.3, 0.4) is 0 Å². The lowest BCUT2D eigenvalue weighted by molar-refractivity contribution is 0.0791. The van der Waals surface area contributed by atoms with Crippen LogP contribution in [0.2, 0.25) is 5.02 Å². The Morgan fingerprint density at radius 3 is 2.74 bits per heavy atom. The zero-order valence-electron chi connectivity index (χ0n) is 19.2. The zero-order chi connectivity index (χ0) is 24.4. The van der Waals surface area contributed by atoms with Crippen LogP contribution in [0, 0.1) is 6.92 Å². The van der Waals surface area contributed by atoms with Gasteiger partial charge in [-0.25, -0.2) is 10.1 Å². The Balaban J connectivity index is 1.37. The van der Waals surface area contributed by atoms with Gasteiger partial charge in [-0.3, -0.25) is 9.59 Å². The molecular formula is C24H25ClN8O2. The lowest BCUT2D eigenvalue weighted by Crippen LogP contribution is -2.30. The lowest BCUT2D eigenvalue weighted by Gasteiger charge is -2.18. The highest BCUT2D eigenvalue weighted by atomic mass is 35.5. The van der Waals surface area contributed by atoms with E-state index < -0.39 is 6.04 Å². The van der Waals surface area contributed by atoms with Gasteiger partial charge in [0, 0.05) is 35.7 Å². The number of hydrogen-bond acceptors (Lipinski definition) is 6. The minimum atomic E-state index is -0.426. The van der Waals surface area contributed by atoms with Crippen molar-refractivity contribution in [2.24, 2.45) is 0 Å². The number of carbonyl (C=O) groups excluding carboxylic acids is 2. The van der Waals surface area contributed by atoms with Gasteiger partial charge in [0.1, 0.15) is 11.6 Å². The summed E-state index contributed by atoms with van der Waals surface area (Å²) in [5.41, 5.74) is 3.43. The fourth-order valence-electron chi connectivity index (χ4n) is 4.38. The minimum Gasteiger partial charge on any atom is -0.342 e. The smallest absolute Gasteiger partial charge is 0.254 e. The van der Waals surface area contributed by atoms with Gasteiger partial charge in [0.05, 0.1) is 17.1 Å². The van der Waals surface area contributed by atoms with Gasteiger partial charge >= 0.3 is 0 Å². The van der Waals surface area contributed by atoms with Crippen molar-refractivity contribution in [1.29, 1.82) is 0 Å². The molecule has 11 heteroatoms. The van der Waals surface area contributed by atoms with Crippen molar-refractivity contribution >= 4 is 34.4 Å². The number of hydrogen-bond donors (Lipinski definition) is 3. The molecule has 1 aliphatic rings. The first kappa shape index (κ1) is 23.0. The van der Waals surface area contributed by atoms with E-state index in [1.807, 2.05) is 17.9 Å². The zero-order valence-corrected chi connectivity index (χ0v) is 20.0. The quantitative estimate of drug-likeness (QED) is 0.362. The van der Waals surface area contributed by atoms with Crippen LogP contribution < -0.4 is 5.32 Å². The summed E-state index contributed by atoms with van der Waals surface area (Å²) in [6.07, 6.45) is 3.09. The molecule has 2 aromatic carbocycles. The van der Waals surface area contributed by atoms with Gasteiger partial charge in [-0.05, 0) is 78.6 Å². The second-order valence-electron chi connectivity index (χ2n) is 8.73. The number of tetrazole rings is 1. The summed E-state index contributed by atoms with van der Waals surface area (Å²) in [6, 6.07) is 10.2. The van der Waals surface area contributed by atoms with Gasteiger partial charge in [-0.15, -0.1) is 5.10 Å². The van der Waals surface area contributed by atoms with Gasteiger partial charge in [0.25, 0.3) is 11.8 Å². The molecule has 10 nitrogen and oxygen atoms in total. The van der Waals surface area contributed by atoms with Crippen LogP contribution >= 0.6 is 11.6 Å². The summed E-state index contributed by atoms with van der Waals surface area (Å²) in [6.45, 7) is 3.43. The molecule has 1 aliphatic heterocycles. The van der Waals surface area contributed by atoms with Crippen LogP contribution in [0.25, 0.3) is 11.0 Å². The number of likely N-dealkylation sites (tertiary alicyclic amines) is 1. The minimum absolute atomic E-state index is 0.0198. The molecule has 2 aromatic heterocycles. The van der Waals surface area contributed by atoms with Crippen LogP contribution in [0.5, 0.6) is 0 Å². The van der Waals surface area contributed by atoms with Crippen LogP contribution in [-0.4, -0.2) is 60.4 Å². The van der Waals surface area contributed by atoms with Crippen molar-refractivity contribution < 1.29 is 9.59 Å². The summed E-state index contributed by atoms with van der Waals surface area (Å²) < 4.78 is 0. The molecule has 2 amide bonds. The predicted octanol–water partition coefficient (Wildman–Crippen LogP) is 3.38. The molecule has 35 heavy (non-hydrogen) atoms. The third kappa shape index (κ3) is 5.02. The Hall–Kier alpha value is -3.79. The number of H-pyrrole nitrogens is 2. The first-order chi connectivity index (χ1) is 17.0. The number of halogens is 1. The first-order valence-electron chi connectivity index (χ1n) is 11.6. The molecular weight excluding hydrogens is 468 g/mol. The fourth-order valence-corrected chi connectivity index (χ4v) is 4.55. The number of rotatable bonds is 7. The maximum absolute atomic E-state index is 13.2. The standard InChI is InChI=1S/C24H25ClN8O2/c1-14-12-15(4-6-17(14)24(35)33-10-2-3-11-33)23(34)28-19(8-9-21-29-31-32-30-21)22-26-18-7-5-16(25)13-20(18)27-22/h4-7,12-13,19H,2-3,8-11H2,1H3,(H,26,27)(H,28,34)(H,29,30,31,32)/t19-/m0/s1. The molecule has 3 heterocycles. The van der Waals surface area contributed by atoms with Crippen LogP contribution in [0.1, 0.15) is 63.2 Å². The van der Waals surface area contributed by atoms with Crippen LogP contribution in [0.15, 0.2) is 36.4 Å². The summed E-state index contributed by atoms with van der Waals surface area (Å²) in [5.74, 6) is 0.989. The van der Waals surface area contributed by atoms with Crippen molar-refractivity contribution in [2.45, 2.75) is 38.6 Å². The number of aromatic nitrogens is 6. The Morgan fingerprint density at radius 1 is 1.17 bits per heavy atom. The van der Waals surface area contributed by atoms with Crippen molar-refractivity contribution in [3.05, 3.63) is 69.8 Å². The average molecular weight is 493 g/mol. The SMILES string of the molecule is Cc1cc(C(=O)N[C@@H](CCc2nnn[nH]2)c2nc3cc(Cl)ccc3[nH]2)ccc1C(=O)N1CCCC1. The van der Waals surface area contributed by atoms with Crippen molar-refractivity contribution in [1.82, 2.24) is 40.8 Å². The highest BCUT2D eigenvalue weighted by Gasteiger charge is 2.23. The number of carbonyl (C=O) groups is 2. The van der Waals surface area contributed by atoms with E-state index in [4.69, 9.17) is 11.6 Å². The maximum Gasteiger partial charge on any atom is 0.254 e. The fraction of sp³-hybridized carbons (Fsp3) is 0.333. The molecule has 4 aromatic rings. The van der Waals surface area contributed by atoms with E-state index in [9.17, 15) is 9.59 Å². The topological polar surface area (TPSA) is 133 Å². The molecule has 1 saturated heterocycles. The third-order valence-electron chi connectivity index (χ3n) is 6.27. The van der Waals surface area contributed by atoms with Gasteiger partial charge in [0.2, 0.25) is 0 Å². The van der Waals surface area contributed by atoms with E-state index in [-0.39, 0.29) is 11.8 Å². The maximum atomic E-state index is 13.2. The first-order valence-corrected chi connectivity index (χ1v) is 11.9. The number of nitrogens with zero attached hydrogens (tertiary/aromatic N) is 5. The third-order valence-corrected chi connectivity index (χ3v) is 6.51. The Bertz CT molecular complexity index is 1360. The molecule has 180 valence electrons. The van der Waals surface area contributed by atoms with Crippen molar-refractivity contribution in [3.63, 3.8) is 0 Å². The Kier molecular flexibility index (Phi) is 6.45. The molecule has 0 bridgehead atoms. The highest BCUT2D eigenvalue weighted by Crippen LogP contribution is 2.23. The monoisotopic (exact) mass is 492 g/mol. The second-order valence-corrected chi connectivity index (χ2v) is 9.16. The molecule has 0 aliphatic carbocycles. The van der Waals surface area contributed by atoms with E-state index in [1.54, 1.807) is 30.3 Å². The largest absolute Gasteiger partial charge is 0.342 e. The molecule has 3 N–H and O–H groups in total. The Labute approximate surface area is 206 Å². The number of aromatic amines is 2. The average Bonchev–Trinajstić information content (AvgIpc) is 3.62. The van der Waals surface area contributed by atoms with Crippen LogP contribution in [0.4, 0.5) is 0 Å². The number of aryl methyl sites for hydroxylation is 2. The van der Waals surface area contributed by atoms with E-state index in [0.29, 0.717) is 46.2 Å². The normalized spacial score (nSPS) is 14.4. The van der Waals surface area contributed by atoms with Crippen molar-refractivity contribution in [3.8, 4) is 0 Å². The molecule has 1 fully saturated rings. The summed E-state index contributed by atoms with van der Waals surface area (Å²) in [4.78, 5) is 35.8. The highest BCUT2D eigenvalue weighted by molar-refractivity contribution is 6.31. The van der Waals surface area contributed by atoms with Gasteiger partial charge in [-0.1, -0.05) is 11.6 Å². The molecule has 1 atom stereocenters. The Morgan fingerprint density at radius 2 is 2.00 bits per heavy atom. The summed E-state index contributed by atoms with van der Waals surface area (Å²) >= 11 is 6.11. The second kappa shape index (κ2) is 9.83. The summed E-state index contributed by atoms with van der Waals surface area (Å²) in [7, 11) is 0. The van der Waals surface area contributed by atoms with Gasteiger partial charge in [0.15, 0.2) is 0 Å².